The molecular weight excluding hydrogens is 645 g/mol. The van der Waals surface area contributed by atoms with Crippen molar-refractivity contribution in [2.45, 2.75) is 136 Å². The highest BCUT2D eigenvalue weighted by Gasteiger charge is 2.15. The van der Waals surface area contributed by atoms with Crippen molar-refractivity contribution < 1.29 is 24.2 Å². The Balaban J connectivity index is 3.81. The third-order valence-electron chi connectivity index (χ3n) is 7.45. The zero-order valence-electron chi connectivity index (χ0n) is 32.5. The molecule has 0 amide bonds. The van der Waals surface area contributed by atoms with Gasteiger partial charge in [0.05, 0.1) is 6.61 Å². The molecule has 0 fully saturated rings. The van der Waals surface area contributed by atoms with Crippen LogP contribution in [0, 0.1) is 0 Å². The molecule has 0 heterocycles. The summed E-state index contributed by atoms with van der Waals surface area (Å²) in [5, 5.41) is 9.55. The molecule has 0 aliphatic heterocycles. The Morgan fingerprint density at radius 3 is 1.19 bits per heavy atom. The van der Waals surface area contributed by atoms with Gasteiger partial charge < -0.3 is 14.6 Å². The first-order valence-electron chi connectivity index (χ1n) is 19.7. The standard InChI is InChI=1S/C47H70O5/c1-3-5-7-9-11-13-15-17-19-21-23-25-27-29-31-33-35-37-39-41-46(49)51-44-45(43-48)52-47(50)42-40-38-36-34-32-30-28-26-24-22-20-18-16-14-12-10-8-6-4-2/h5-8,11-14,17-20,23-26,29-32,35,37,45,48H,3-4,9-10,15-16,21-22,27-28,33-34,36,38-44H2,1-2H3/b7-5+,8-6+,13-11+,14-12+,19-17+,20-18+,25-23+,26-24+,31-29+,32-30+,37-35+/t45-/m0/s1. The van der Waals surface area contributed by atoms with Crippen LogP contribution in [0.3, 0.4) is 0 Å². The normalized spacial score (nSPS) is 13.7. The number of aliphatic hydroxyl groups excluding tert-OH is 1. The number of aliphatic hydroxyl groups is 1. The van der Waals surface area contributed by atoms with E-state index in [9.17, 15) is 14.7 Å². The molecule has 0 radical (unpaired) electrons. The number of hydrogen-bond donors (Lipinski definition) is 1. The molecule has 5 nitrogen and oxygen atoms in total. The number of carbonyl (C=O) groups is 2. The second-order valence-electron chi connectivity index (χ2n) is 12.2. The van der Waals surface area contributed by atoms with Crippen LogP contribution in [0.25, 0.3) is 0 Å². The number of ether oxygens (including phenoxy) is 2. The lowest BCUT2D eigenvalue weighted by molar-refractivity contribution is -0.161. The lowest BCUT2D eigenvalue weighted by Gasteiger charge is -2.15. The summed E-state index contributed by atoms with van der Waals surface area (Å²) in [6.07, 6.45) is 62.3. The van der Waals surface area contributed by atoms with Crippen LogP contribution >= 0.6 is 0 Å². The number of rotatable bonds is 33. The van der Waals surface area contributed by atoms with E-state index in [-0.39, 0.29) is 31.6 Å². The number of allylic oxidation sites excluding steroid dienone is 22. The van der Waals surface area contributed by atoms with Gasteiger partial charge in [0.15, 0.2) is 6.10 Å². The summed E-state index contributed by atoms with van der Waals surface area (Å²) in [5.41, 5.74) is 0. The number of esters is 2. The highest BCUT2D eigenvalue weighted by atomic mass is 16.6. The predicted octanol–water partition coefficient (Wildman–Crippen LogP) is 12.6. The monoisotopic (exact) mass is 715 g/mol. The zero-order chi connectivity index (χ0) is 37.8. The second-order valence-corrected chi connectivity index (χ2v) is 12.2. The van der Waals surface area contributed by atoms with Crippen molar-refractivity contribution in [3.63, 3.8) is 0 Å². The van der Waals surface area contributed by atoms with Gasteiger partial charge in [-0.2, -0.15) is 0 Å². The first kappa shape index (κ1) is 48.0. The fourth-order valence-electron chi connectivity index (χ4n) is 4.54. The van der Waals surface area contributed by atoms with Crippen LogP contribution in [0.2, 0.25) is 0 Å². The van der Waals surface area contributed by atoms with Gasteiger partial charge in [-0.05, 0) is 96.3 Å². The van der Waals surface area contributed by atoms with Gasteiger partial charge in [0, 0.05) is 12.8 Å². The topological polar surface area (TPSA) is 72.8 Å². The van der Waals surface area contributed by atoms with Gasteiger partial charge in [0.2, 0.25) is 0 Å². The Labute approximate surface area is 317 Å². The van der Waals surface area contributed by atoms with E-state index in [1.807, 2.05) is 12.2 Å². The smallest absolute Gasteiger partial charge is 0.306 e. The Morgan fingerprint density at radius 1 is 0.442 bits per heavy atom. The lowest BCUT2D eigenvalue weighted by atomic mass is 10.1. The number of carbonyl (C=O) groups excluding carboxylic acids is 2. The summed E-state index contributed by atoms with van der Waals surface area (Å²) in [6, 6.07) is 0. The highest BCUT2D eigenvalue weighted by molar-refractivity contribution is 5.70. The molecule has 0 rings (SSSR count). The predicted molar refractivity (Wildman–Crippen MR) is 223 cm³/mol. The van der Waals surface area contributed by atoms with Gasteiger partial charge in [-0.25, -0.2) is 0 Å². The fraction of sp³-hybridized carbons (Fsp3) is 0.489. The molecule has 0 saturated carbocycles. The van der Waals surface area contributed by atoms with Crippen molar-refractivity contribution in [3.8, 4) is 0 Å². The minimum absolute atomic E-state index is 0.130. The lowest BCUT2D eigenvalue weighted by Crippen LogP contribution is -2.28. The van der Waals surface area contributed by atoms with Crippen LogP contribution < -0.4 is 0 Å². The van der Waals surface area contributed by atoms with Gasteiger partial charge in [0.1, 0.15) is 6.61 Å². The molecule has 0 saturated heterocycles. The fourth-order valence-corrected chi connectivity index (χ4v) is 4.54. The minimum Gasteiger partial charge on any atom is -0.462 e. The largest absolute Gasteiger partial charge is 0.462 e. The Morgan fingerprint density at radius 2 is 0.808 bits per heavy atom. The van der Waals surface area contributed by atoms with Gasteiger partial charge >= 0.3 is 11.9 Å². The molecule has 0 aromatic carbocycles. The first-order valence-corrected chi connectivity index (χ1v) is 19.7. The summed E-state index contributed by atoms with van der Waals surface area (Å²) in [7, 11) is 0. The van der Waals surface area contributed by atoms with Crippen molar-refractivity contribution >= 4 is 11.9 Å². The van der Waals surface area contributed by atoms with E-state index in [2.05, 4.69) is 135 Å². The molecule has 0 unspecified atom stereocenters. The number of hydrogen-bond acceptors (Lipinski definition) is 5. The Kier molecular flexibility index (Phi) is 38.3. The van der Waals surface area contributed by atoms with Gasteiger partial charge in [-0.3, -0.25) is 9.59 Å². The van der Waals surface area contributed by atoms with E-state index in [4.69, 9.17) is 9.47 Å². The van der Waals surface area contributed by atoms with E-state index in [1.54, 1.807) is 0 Å². The summed E-state index contributed by atoms with van der Waals surface area (Å²) in [6.45, 7) is 3.78. The van der Waals surface area contributed by atoms with Gasteiger partial charge in [-0.1, -0.05) is 154 Å². The molecule has 0 aromatic heterocycles. The minimum atomic E-state index is -0.830. The van der Waals surface area contributed by atoms with Crippen molar-refractivity contribution in [3.05, 3.63) is 134 Å². The van der Waals surface area contributed by atoms with Gasteiger partial charge in [0.25, 0.3) is 0 Å². The third kappa shape index (κ3) is 38.8. The molecule has 1 atom stereocenters. The Hall–Kier alpha value is -3.96. The highest BCUT2D eigenvalue weighted by Crippen LogP contribution is 2.08. The maximum Gasteiger partial charge on any atom is 0.306 e. The summed E-state index contributed by atoms with van der Waals surface area (Å²) in [5.74, 6) is -0.743. The molecule has 288 valence electrons. The average Bonchev–Trinajstić information content (AvgIpc) is 3.15. The molecule has 52 heavy (non-hydrogen) atoms. The molecule has 1 N–H and O–H groups in total. The van der Waals surface area contributed by atoms with E-state index in [0.29, 0.717) is 12.8 Å². The summed E-state index contributed by atoms with van der Waals surface area (Å²) in [4.78, 5) is 24.2. The maximum absolute atomic E-state index is 12.2. The summed E-state index contributed by atoms with van der Waals surface area (Å²) < 4.78 is 10.5. The van der Waals surface area contributed by atoms with Crippen molar-refractivity contribution in [1.82, 2.24) is 0 Å². The molecule has 0 aromatic rings. The van der Waals surface area contributed by atoms with E-state index in [1.165, 1.54) is 0 Å². The quantitative estimate of drug-likeness (QED) is 0.0416. The van der Waals surface area contributed by atoms with Crippen LogP contribution in [-0.2, 0) is 19.1 Å². The van der Waals surface area contributed by atoms with Crippen molar-refractivity contribution in [2.75, 3.05) is 13.2 Å². The molecule has 0 spiro atoms. The van der Waals surface area contributed by atoms with E-state index in [0.717, 1.165) is 96.3 Å². The molecule has 5 heteroatoms. The number of unbranched alkanes of at least 4 members (excludes halogenated alkanes) is 3. The zero-order valence-corrected chi connectivity index (χ0v) is 32.5. The van der Waals surface area contributed by atoms with Gasteiger partial charge in [-0.15, -0.1) is 0 Å². The van der Waals surface area contributed by atoms with E-state index < -0.39 is 6.10 Å². The van der Waals surface area contributed by atoms with Crippen LogP contribution in [0.1, 0.15) is 129 Å². The molecule has 0 aliphatic rings. The van der Waals surface area contributed by atoms with Crippen molar-refractivity contribution in [1.29, 1.82) is 0 Å². The van der Waals surface area contributed by atoms with E-state index >= 15 is 0 Å². The SMILES string of the molecule is CC/C=C/C/C=C/C/C=C/C/C=C/C/C=C/C/C=C/CCC(=O)OC[C@H](CO)OC(=O)CCCCC/C=C/C/C=C/C/C=C/C/C=C/C/C=C/CC. The molecule has 0 aliphatic carbocycles. The van der Waals surface area contributed by atoms with Crippen molar-refractivity contribution in [2.24, 2.45) is 0 Å². The van der Waals surface area contributed by atoms with Crippen LogP contribution in [0.4, 0.5) is 0 Å². The third-order valence-corrected chi connectivity index (χ3v) is 7.45. The average molecular weight is 715 g/mol. The van der Waals surface area contributed by atoms with Crippen LogP contribution in [-0.4, -0.2) is 36.4 Å². The molecule has 0 bridgehead atoms. The second kappa shape index (κ2) is 41.5. The first-order chi connectivity index (χ1) is 25.6. The molecular formula is C47H70O5. The van der Waals surface area contributed by atoms with Crippen LogP contribution in [0.5, 0.6) is 0 Å². The Bertz CT molecular complexity index is 1170. The summed E-state index contributed by atoms with van der Waals surface area (Å²) >= 11 is 0. The maximum atomic E-state index is 12.2. The van der Waals surface area contributed by atoms with Crippen LogP contribution in [0.15, 0.2) is 134 Å².